The smallest absolute Gasteiger partial charge is 0.410 e. The van der Waals surface area contributed by atoms with E-state index >= 15 is 0 Å². The summed E-state index contributed by atoms with van der Waals surface area (Å²) in [5, 5.41) is 8.35. The number of ether oxygens (including phenoxy) is 2. The molecule has 0 unspecified atom stereocenters. The van der Waals surface area contributed by atoms with Gasteiger partial charge in [-0.1, -0.05) is 11.6 Å². The van der Waals surface area contributed by atoms with Crippen molar-refractivity contribution in [3.63, 3.8) is 0 Å². The highest BCUT2D eigenvalue weighted by atomic mass is 16.6. The summed E-state index contributed by atoms with van der Waals surface area (Å²) in [6.45, 7) is 2.25. The number of carbonyl (C=O) groups is 1. The molecular formula is C23H29N7O3. The highest BCUT2D eigenvalue weighted by molar-refractivity contribution is 5.67. The number of amides is 1. The molecule has 1 aliphatic rings. The number of nitrogens with zero attached hydrogens (tertiary/aromatic N) is 7. The Morgan fingerprint density at radius 3 is 2.76 bits per heavy atom. The number of hydrogen-bond acceptors (Lipinski definition) is 8. The lowest BCUT2D eigenvalue weighted by Crippen LogP contribution is -2.27. The molecule has 0 saturated heterocycles. The summed E-state index contributed by atoms with van der Waals surface area (Å²) >= 11 is 0. The molecule has 0 N–H and O–H groups in total. The van der Waals surface area contributed by atoms with Gasteiger partial charge in [-0.05, 0) is 44.7 Å². The molecule has 3 aromatic rings. The highest BCUT2D eigenvalue weighted by Gasteiger charge is 2.20. The third kappa shape index (κ3) is 5.63. The Hall–Kier alpha value is -3.56. The zero-order valence-corrected chi connectivity index (χ0v) is 19.3. The van der Waals surface area contributed by atoms with E-state index in [0.29, 0.717) is 29.3 Å². The van der Waals surface area contributed by atoms with Crippen molar-refractivity contribution in [3.8, 4) is 17.1 Å². The van der Waals surface area contributed by atoms with Gasteiger partial charge in [-0.15, -0.1) is 5.10 Å². The molecule has 10 nitrogen and oxygen atoms in total. The van der Waals surface area contributed by atoms with Crippen LogP contribution >= 0.6 is 0 Å². The van der Waals surface area contributed by atoms with Gasteiger partial charge in [0.15, 0.2) is 0 Å². The fraction of sp³-hybridized carbons (Fsp3) is 0.478. The van der Waals surface area contributed by atoms with Gasteiger partial charge in [0.05, 0.1) is 35.9 Å². The van der Waals surface area contributed by atoms with Gasteiger partial charge in [0.25, 0.3) is 0 Å². The predicted molar refractivity (Wildman–Crippen MR) is 120 cm³/mol. The number of hydrogen-bond donors (Lipinski definition) is 0. The fourth-order valence-corrected chi connectivity index (χ4v) is 3.86. The van der Waals surface area contributed by atoms with E-state index < -0.39 is 6.09 Å². The van der Waals surface area contributed by atoms with Crippen molar-refractivity contribution >= 4 is 6.09 Å². The Labute approximate surface area is 193 Å². The van der Waals surface area contributed by atoms with Crippen molar-refractivity contribution in [2.45, 2.75) is 58.3 Å². The van der Waals surface area contributed by atoms with Crippen molar-refractivity contribution in [1.82, 2.24) is 34.8 Å². The van der Waals surface area contributed by atoms with Crippen LogP contribution in [-0.2, 0) is 24.9 Å². The molecule has 0 radical (unpaired) electrons. The molecular weight excluding hydrogens is 422 g/mol. The van der Waals surface area contributed by atoms with Gasteiger partial charge in [0.1, 0.15) is 23.7 Å². The molecule has 3 heterocycles. The summed E-state index contributed by atoms with van der Waals surface area (Å²) in [6, 6.07) is 3.81. The van der Waals surface area contributed by atoms with Crippen molar-refractivity contribution < 1.29 is 14.3 Å². The van der Waals surface area contributed by atoms with Gasteiger partial charge in [0, 0.05) is 26.5 Å². The Morgan fingerprint density at radius 2 is 2.03 bits per heavy atom. The normalized spacial score (nSPS) is 14.2. The second-order valence-corrected chi connectivity index (χ2v) is 8.27. The first kappa shape index (κ1) is 22.6. The van der Waals surface area contributed by atoms with E-state index in [-0.39, 0.29) is 12.7 Å². The molecule has 0 bridgehead atoms. The Balaban J connectivity index is 1.42. The second-order valence-electron chi connectivity index (χ2n) is 8.27. The molecule has 10 heteroatoms. The molecule has 1 aliphatic carbocycles. The first-order valence-electron chi connectivity index (χ1n) is 11.2. The van der Waals surface area contributed by atoms with Crippen LogP contribution in [0.3, 0.4) is 0 Å². The third-order valence-corrected chi connectivity index (χ3v) is 5.73. The quantitative estimate of drug-likeness (QED) is 0.537. The standard InChI is InChI=1S/C23H29N7O3/c1-16-21(33-18-7-5-4-6-8-18)10-9-19(26-16)22-20(30(3)28-27-22)15-32-23(31)29(2)14-17-13-24-11-12-25-17/h9-13,18H,4-8,14-15H2,1-3H3. The summed E-state index contributed by atoms with van der Waals surface area (Å²) in [7, 11) is 3.41. The Morgan fingerprint density at radius 1 is 1.21 bits per heavy atom. The van der Waals surface area contributed by atoms with Gasteiger partial charge < -0.3 is 14.4 Å². The molecule has 3 aromatic heterocycles. The largest absolute Gasteiger partial charge is 0.489 e. The van der Waals surface area contributed by atoms with Gasteiger partial charge in [-0.3, -0.25) is 9.97 Å². The molecule has 1 amide bonds. The summed E-state index contributed by atoms with van der Waals surface area (Å²) in [5.41, 5.74) is 3.37. The molecule has 0 spiro atoms. The molecule has 174 valence electrons. The summed E-state index contributed by atoms with van der Waals surface area (Å²) < 4.78 is 13.3. The minimum absolute atomic E-state index is 0.0174. The summed E-state index contributed by atoms with van der Waals surface area (Å²) in [6.07, 6.45) is 10.5. The number of pyridine rings is 1. The average molecular weight is 452 g/mol. The van der Waals surface area contributed by atoms with E-state index in [2.05, 4.69) is 20.3 Å². The van der Waals surface area contributed by atoms with Crippen LogP contribution in [0.2, 0.25) is 0 Å². The van der Waals surface area contributed by atoms with Crippen LogP contribution in [0.15, 0.2) is 30.7 Å². The maximum absolute atomic E-state index is 12.5. The fourth-order valence-electron chi connectivity index (χ4n) is 3.86. The van der Waals surface area contributed by atoms with E-state index in [9.17, 15) is 4.79 Å². The monoisotopic (exact) mass is 451 g/mol. The topological polar surface area (TPSA) is 108 Å². The Bertz CT molecular complexity index is 1080. The van der Waals surface area contributed by atoms with E-state index in [1.165, 1.54) is 24.2 Å². The maximum atomic E-state index is 12.5. The molecule has 1 saturated carbocycles. The number of aryl methyl sites for hydroxylation is 2. The lowest BCUT2D eigenvalue weighted by molar-refractivity contribution is 0.100. The SMILES string of the molecule is Cc1nc(-c2nnn(C)c2COC(=O)N(C)Cc2cnccn2)ccc1OC1CCCCC1. The van der Waals surface area contributed by atoms with Gasteiger partial charge in [-0.25, -0.2) is 14.5 Å². The molecule has 0 aromatic carbocycles. The first-order valence-corrected chi connectivity index (χ1v) is 11.2. The molecule has 33 heavy (non-hydrogen) atoms. The lowest BCUT2D eigenvalue weighted by Gasteiger charge is -2.23. The van der Waals surface area contributed by atoms with Gasteiger partial charge >= 0.3 is 6.09 Å². The molecule has 0 aliphatic heterocycles. The highest BCUT2D eigenvalue weighted by Crippen LogP contribution is 2.28. The molecule has 4 rings (SSSR count). The first-order chi connectivity index (χ1) is 16.0. The second kappa shape index (κ2) is 10.4. The average Bonchev–Trinajstić information content (AvgIpc) is 3.20. The van der Waals surface area contributed by atoms with Crippen LogP contribution in [0.5, 0.6) is 5.75 Å². The van der Waals surface area contributed by atoms with Crippen LogP contribution in [0.25, 0.3) is 11.4 Å². The van der Waals surface area contributed by atoms with Gasteiger partial charge in [0.2, 0.25) is 0 Å². The van der Waals surface area contributed by atoms with Crippen molar-refractivity contribution in [3.05, 3.63) is 47.8 Å². The predicted octanol–water partition coefficient (Wildman–Crippen LogP) is 3.46. The molecule has 1 fully saturated rings. The number of carbonyl (C=O) groups excluding carboxylic acids is 1. The lowest BCUT2D eigenvalue weighted by atomic mass is 9.98. The van der Waals surface area contributed by atoms with Crippen LogP contribution in [0.4, 0.5) is 4.79 Å². The zero-order valence-electron chi connectivity index (χ0n) is 19.3. The summed E-state index contributed by atoms with van der Waals surface area (Å²) in [4.78, 5) is 26.8. The Kier molecular flexibility index (Phi) is 7.11. The van der Waals surface area contributed by atoms with Crippen LogP contribution in [-0.4, -0.2) is 54.1 Å². The maximum Gasteiger partial charge on any atom is 0.410 e. The van der Waals surface area contributed by atoms with E-state index in [0.717, 1.165) is 24.3 Å². The number of rotatable bonds is 7. The zero-order chi connectivity index (χ0) is 23.2. The van der Waals surface area contributed by atoms with Crippen LogP contribution in [0, 0.1) is 6.92 Å². The van der Waals surface area contributed by atoms with Crippen LogP contribution in [0.1, 0.15) is 49.2 Å². The minimum atomic E-state index is -0.479. The van der Waals surface area contributed by atoms with Crippen LogP contribution < -0.4 is 4.74 Å². The van der Waals surface area contributed by atoms with Crippen molar-refractivity contribution in [2.24, 2.45) is 7.05 Å². The van der Waals surface area contributed by atoms with E-state index in [4.69, 9.17) is 14.5 Å². The van der Waals surface area contributed by atoms with E-state index in [1.54, 1.807) is 37.4 Å². The summed E-state index contributed by atoms with van der Waals surface area (Å²) in [5.74, 6) is 0.799. The van der Waals surface area contributed by atoms with Crippen molar-refractivity contribution in [2.75, 3.05) is 7.05 Å². The van der Waals surface area contributed by atoms with Gasteiger partial charge in [-0.2, -0.15) is 0 Å². The van der Waals surface area contributed by atoms with E-state index in [1.807, 2.05) is 19.1 Å². The molecule has 0 atom stereocenters. The number of aromatic nitrogens is 6. The minimum Gasteiger partial charge on any atom is -0.489 e. The van der Waals surface area contributed by atoms with Crippen molar-refractivity contribution in [1.29, 1.82) is 0 Å². The third-order valence-electron chi connectivity index (χ3n) is 5.73.